The molecule has 1 N–H and O–H groups in total. The molecular weight excluding hydrogens is 316 g/mol. The quantitative estimate of drug-likeness (QED) is 0.917. The summed E-state index contributed by atoms with van der Waals surface area (Å²) < 4.78 is 26.8. The molecule has 100 valence electrons. The molecule has 1 saturated heterocycles. The van der Waals surface area contributed by atoms with Crippen LogP contribution in [0.15, 0.2) is 28.7 Å². The Labute approximate surface area is 117 Å². The van der Waals surface area contributed by atoms with Gasteiger partial charge < -0.3 is 4.90 Å². The monoisotopic (exact) mass is 332 g/mol. The number of anilines is 1. The first kappa shape index (κ1) is 13.8. The summed E-state index contributed by atoms with van der Waals surface area (Å²) in [6.07, 6.45) is 0.848. The lowest BCUT2D eigenvalue weighted by Gasteiger charge is -2.20. The van der Waals surface area contributed by atoms with Crippen molar-refractivity contribution in [3.8, 4) is 0 Å². The first-order valence-electron chi connectivity index (χ1n) is 6.01. The smallest absolute Gasteiger partial charge is 0.211 e. The third kappa shape index (κ3) is 3.24. The summed E-state index contributed by atoms with van der Waals surface area (Å²) in [5, 5.41) is 0. The molecule has 0 spiro atoms. The number of hydrogen-bond donors (Lipinski definition) is 1. The molecule has 1 fully saturated rings. The highest BCUT2D eigenvalue weighted by molar-refractivity contribution is 9.10. The van der Waals surface area contributed by atoms with Gasteiger partial charge in [0.1, 0.15) is 0 Å². The summed E-state index contributed by atoms with van der Waals surface area (Å²) in [6.45, 7) is 3.25. The summed E-state index contributed by atoms with van der Waals surface area (Å²) >= 11 is 3.52. The first-order chi connectivity index (χ1) is 8.52. The topological polar surface area (TPSA) is 49.4 Å². The summed E-state index contributed by atoms with van der Waals surface area (Å²) in [4.78, 5) is 2.20. The number of hydrogen-bond acceptors (Lipinski definition) is 3. The van der Waals surface area contributed by atoms with Gasteiger partial charge in [0.2, 0.25) is 10.0 Å². The fraction of sp³-hybridized carbons (Fsp3) is 0.500. The van der Waals surface area contributed by atoms with E-state index in [1.54, 1.807) is 6.92 Å². The predicted molar refractivity (Wildman–Crippen MR) is 77.4 cm³/mol. The van der Waals surface area contributed by atoms with E-state index in [1.165, 1.54) is 0 Å². The highest BCUT2D eigenvalue weighted by Crippen LogP contribution is 2.28. The van der Waals surface area contributed by atoms with Crippen LogP contribution in [0.5, 0.6) is 0 Å². The molecule has 1 heterocycles. The number of sulfonamides is 1. The van der Waals surface area contributed by atoms with E-state index >= 15 is 0 Å². The van der Waals surface area contributed by atoms with Crippen LogP contribution < -0.4 is 9.62 Å². The molecule has 1 aromatic carbocycles. The van der Waals surface area contributed by atoms with Gasteiger partial charge in [-0.05, 0) is 41.4 Å². The van der Waals surface area contributed by atoms with Crippen molar-refractivity contribution in [1.82, 2.24) is 4.72 Å². The maximum Gasteiger partial charge on any atom is 0.211 e. The molecule has 0 aliphatic carbocycles. The lowest BCUT2D eigenvalue weighted by Crippen LogP contribution is -2.37. The zero-order valence-electron chi connectivity index (χ0n) is 10.3. The number of halogens is 1. The maximum absolute atomic E-state index is 11.5. The van der Waals surface area contributed by atoms with Crippen molar-refractivity contribution in [2.75, 3.05) is 23.7 Å². The van der Waals surface area contributed by atoms with Gasteiger partial charge in [-0.3, -0.25) is 0 Å². The van der Waals surface area contributed by atoms with Crippen LogP contribution in [0.4, 0.5) is 5.69 Å². The molecule has 1 aliphatic heterocycles. The minimum absolute atomic E-state index is 0.0158. The highest BCUT2D eigenvalue weighted by Gasteiger charge is 2.26. The van der Waals surface area contributed by atoms with Gasteiger partial charge in [0.05, 0.1) is 11.4 Å². The molecule has 0 unspecified atom stereocenters. The van der Waals surface area contributed by atoms with Gasteiger partial charge in [0, 0.05) is 23.6 Å². The van der Waals surface area contributed by atoms with Crippen molar-refractivity contribution in [1.29, 1.82) is 0 Å². The Morgan fingerprint density at radius 3 is 2.83 bits per heavy atom. The summed E-state index contributed by atoms with van der Waals surface area (Å²) in [7, 11) is -3.11. The van der Waals surface area contributed by atoms with E-state index in [-0.39, 0.29) is 11.8 Å². The van der Waals surface area contributed by atoms with E-state index in [2.05, 4.69) is 25.6 Å². The zero-order valence-corrected chi connectivity index (χ0v) is 12.7. The number of para-hydroxylation sites is 1. The zero-order chi connectivity index (χ0) is 13.2. The van der Waals surface area contributed by atoms with Crippen molar-refractivity contribution in [3.05, 3.63) is 28.7 Å². The van der Waals surface area contributed by atoms with Crippen LogP contribution >= 0.6 is 15.9 Å². The number of nitrogens with one attached hydrogen (secondary N) is 1. The maximum atomic E-state index is 11.5. The summed E-state index contributed by atoms with van der Waals surface area (Å²) in [5.74, 6) is 0.137. The van der Waals surface area contributed by atoms with Gasteiger partial charge in [-0.1, -0.05) is 12.1 Å². The van der Waals surface area contributed by atoms with E-state index < -0.39 is 10.0 Å². The second-order valence-electron chi connectivity index (χ2n) is 4.40. The Bertz CT molecular complexity index is 519. The number of benzene rings is 1. The van der Waals surface area contributed by atoms with Crippen LogP contribution in [0.25, 0.3) is 0 Å². The normalized spacial score (nSPS) is 20.3. The molecule has 0 bridgehead atoms. The fourth-order valence-electron chi connectivity index (χ4n) is 2.12. The Morgan fingerprint density at radius 2 is 2.17 bits per heavy atom. The molecule has 0 saturated carbocycles. The van der Waals surface area contributed by atoms with Gasteiger partial charge in [-0.15, -0.1) is 0 Å². The van der Waals surface area contributed by atoms with Gasteiger partial charge in [-0.25, -0.2) is 13.1 Å². The minimum atomic E-state index is -3.11. The average Bonchev–Trinajstić information content (AvgIpc) is 2.77. The first-order valence-corrected chi connectivity index (χ1v) is 8.46. The molecule has 4 nitrogen and oxygen atoms in total. The fourth-order valence-corrected chi connectivity index (χ4v) is 3.52. The van der Waals surface area contributed by atoms with E-state index in [4.69, 9.17) is 0 Å². The Kier molecular flexibility index (Phi) is 4.29. The van der Waals surface area contributed by atoms with Crippen molar-refractivity contribution in [2.24, 2.45) is 0 Å². The SMILES string of the molecule is CCS(=O)(=O)N[C@@H]1CCN(c2ccccc2Br)C1. The van der Waals surface area contributed by atoms with Crippen LogP contribution in [0.1, 0.15) is 13.3 Å². The van der Waals surface area contributed by atoms with Gasteiger partial charge in [0.25, 0.3) is 0 Å². The minimum Gasteiger partial charge on any atom is -0.369 e. The van der Waals surface area contributed by atoms with E-state index in [0.717, 1.165) is 29.7 Å². The average molecular weight is 333 g/mol. The highest BCUT2D eigenvalue weighted by atomic mass is 79.9. The predicted octanol–water partition coefficient (Wildman–Crippen LogP) is 1.97. The molecule has 0 aromatic heterocycles. The van der Waals surface area contributed by atoms with Crippen LogP contribution in [-0.2, 0) is 10.0 Å². The second-order valence-corrected chi connectivity index (χ2v) is 7.30. The standard InChI is InChI=1S/C12H17BrN2O2S/c1-2-18(16,17)14-10-7-8-15(9-10)12-6-4-3-5-11(12)13/h3-6,10,14H,2,7-9H2,1H3/t10-/m1/s1. The molecular formula is C12H17BrN2O2S. The molecule has 6 heteroatoms. The number of nitrogens with zero attached hydrogens (tertiary/aromatic N) is 1. The van der Waals surface area contributed by atoms with E-state index in [9.17, 15) is 8.42 Å². The molecule has 1 aliphatic rings. The molecule has 2 rings (SSSR count). The molecule has 0 radical (unpaired) electrons. The number of rotatable bonds is 4. The van der Waals surface area contributed by atoms with E-state index in [0.29, 0.717) is 0 Å². The van der Waals surface area contributed by atoms with Crippen molar-refractivity contribution in [3.63, 3.8) is 0 Å². The Morgan fingerprint density at radius 1 is 1.44 bits per heavy atom. The molecule has 1 atom stereocenters. The Balaban J connectivity index is 2.03. The third-order valence-electron chi connectivity index (χ3n) is 3.11. The van der Waals surface area contributed by atoms with Crippen LogP contribution in [0, 0.1) is 0 Å². The van der Waals surface area contributed by atoms with Crippen LogP contribution in [-0.4, -0.2) is 33.3 Å². The van der Waals surface area contributed by atoms with E-state index in [1.807, 2.05) is 24.3 Å². The van der Waals surface area contributed by atoms with Crippen molar-refractivity contribution < 1.29 is 8.42 Å². The third-order valence-corrected chi connectivity index (χ3v) is 5.23. The van der Waals surface area contributed by atoms with Gasteiger partial charge >= 0.3 is 0 Å². The van der Waals surface area contributed by atoms with Crippen LogP contribution in [0.2, 0.25) is 0 Å². The van der Waals surface area contributed by atoms with Crippen molar-refractivity contribution >= 4 is 31.6 Å². The van der Waals surface area contributed by atoms with Gasteiger partial charge in [0.15, 0.2) is 0 Å². The summed E-state index contributed by atoms with van der Waals surface area (Å²) in [5.41, 5.74) is 1.12. The second kappa shape index (κ2) is 5.59. The Hall–Kier alpha value is -0.590. The van der Waals surface area contributed by atoms with Crippen LogP contribution in [0.3, 0.4) is 0 Å². The largest absolute Gasteiger partial charge is 0.369 e. The lowest BCUT2D eigenvalue weighted by molar-refractivity contribution is 0.562. The lowest BCUT2D eigenvalue weighted by atomic mass is 10.3. The van der Waals surface area contributed by atoms with Crippen molar-refractivity contribution in [2.45, 2.75) is 19.4 Å². The summed E-state index contributed by atoms with van der Waals surface area (Å²) in [6, 6.07) is 8.02. The molecule has 18 heavy (non-hydrogen) atoms. The molecule has 1 aromatic rings. The molecule has 0 amide bonds. The van der Waals surface area contributed by atoms with Gasteiger partial charge in [-0.2, -0.15) is 0 Å².